The highest BCUT2D eigenvalue weighted by Gasteiger charge is 1.98. The molecule has 0 saturated heterocycles. The summed E-state index contributed by atoms with van der Waals surface area (Å²) in [4.78, 5) is 0. The molecule has 0 radical (unpaired) electrons. The molecule has 0 aliphatic heterocycles. The highest BCUT2D eigenvalue weighted by molar-refractivity contribution is 9.10. The summed E-state index contributed by atoms with van der Waals surface area (Å²) in [5.41, 5.74) is 1.19. The Labute approximate surface area is 110 Å². The maximum atomic E-state index is 9.34. The average Bonchev–Trinajstić information content (AvgIpc) is 2.28. The van der Waals surface area contributed by atoms with Crippen molar-refractivity contribution in [2.45, 2.75) is 19.9 Å². The summed E-state index contributed by atoms with van der Waals surface area (Å²) in [7, 11) is 0. The van der Waals surface area contributed by atoms with Crippen LogP contribution >= 0.6 is 27.7 Å². The number of phenolic OH excluding ortho intramolecular Hbond substituents is 1. The Kier molecular flexibility index (Phi) is 6.92. The number of thioether (sulfide) groups is 1. The molecule has 0 aliphatic carbocycles. The standard InChI is InChI=1S/C12H18BrNOS/c1-2-16-7-3-6-14-9-10-4-5-12(15)11(13)8-10/h4-5,8,14-15H,2-3,6-7,9H2,1H3. The van der Waals surface area contributed by atoms with Gasteiger partial charge in [-0.1, -0.05) is 13.0 Å². The molecule has 0 saturated carbocycles. The SMILES string of the molecule is CCSCCCNCc1ccc(O)c(Br)c1. The molecule has 2 nitrogen and oxygen atoms in total. The second-order valence-corrected chi connectivity index (χ2v) is 5.76. The van der Waals surface area contributed by atoms with Crippen molar-refractivity contribution in [2.24, 2.45) is 0 Å². The smallest absolute Gasteiger partial charge is 0.129 e. The Morgan fingerprint density at radius 2 is 2.25 bits per heavy atom. The van der Waals surface area contributed by atoms with Gasteiger partial charge in [-0.05, 0) is 58.1 Å². The van der Waals surface area contributed by atoms with E-state index in [9.17, 15) is 5.11 Å². The molecule has 90 valence electrons. The van der Waals surface area contributed by atoms with Crippen LogP contribution < -0.4 is 5.32 Å². The van der Waals surface area contributed by atoms with Crippen molar-refractivity contribution in [3.8, 4) is 5.75 Å². The van der Waals surface area contributed by atoms with E-state index in [1.165, 1.54) is 23.5 Å². The molecule has 0 unspecified atom stereocenters. The molecule has 0 aromatic heterocycles. The van der Waals surface area contributed by atoms with Crippen molar-refractivity contribution in [1.29, 1.82) is 0 Å². The van der Waals surface area contributed by atoms with Crippen LogP contribution in [-0.2, 0) is 6.54 Å². The van der Waals surface area contributed by atoms with Gasteiger partial charge in [-0.3, -0.25) is 0 Å². The topological polar surface area (TPSA) is 32.3 Å². The second kappa shape index (κ2) is 7.98. The van der Waals surface area contributed by atoms with Gasteiger partial charge in [0.1, 0.15) is 5.75 Å². The van der Waals surface area contributed by atoms with Crippen molar-refractivity contribution < 1.29 is 5.11 Å². The lowest BCUT2D eigenvalue weighted by atomic mass is 10.2. The summed E-state index contributed by atoms with van der Waals surface area (Å²) >= 11 is 5.29. The van der Waals surface area contributed by atoms with E-state index in [1.54, 1.807) is 6.07 Å². The Hall–Kier alpha value is -0.190. The number of phenols is 1. The predicted molar refractivity (Wildman–Crippen MR) is 75.1 cm³/mol. The number of nitrogens with one attached hydrogen (secondary N) is 1. The van der Waals surface area contributed by atoms with Crippen LogP contribution in [0.15, 0.2) is 22.7 Å². The van der Waals surface area contributed by atoms with Crippen LogP contribution in [0, 0.1) is 0 Å². The van der Waals surface area contributed by atoms with Crippen LogP contribution in [0.3, 0.4) is 0 Å². The molecule has 16 heavy (non-hydrogen) atoms. The Bertz CT molecular complexity index is 320. The van der Waals surface area contributed by atoms with E-state index in [0.717, 1.165) is 17.6 Å². The van der Waals surface area contributed by atoms with E-state index in [1.807, 2.05) is 23.9 Å². The lowest BCUT2D eigenvalue weighted by molar-refractivity contribution is 0.471. The number of aromatic hydroxyl groups is 1. The van der Waals surface area contributed by atoms with E-state index in [4.69, 9.17) is 0 Å². The molecule has 0 bridgehead atoms. The molecule has 1 aromatic rings. The normalized spacial score (nSPS) is 10.6. The first-order chi connectivity index (χ1) is 7.74. The van der Waals surface area contributed by atoms with Gasteiger partial charge in [0.05, 0.1) is 4.47 Å². The van der Waals surface area contributed by atoms with E-state index < -0.39 is 0 Å². The average molecular weight is 304 g/mol. The lowest BCUT2D eigenvalue weighted by Crippen LogP contribution is -2.15. The first-order valence-corrected chi connectivity index (χ1v) is 7.44. The van der Waals surface area contributed by atoms with Crippen LogP contribution in [-0.4, -0.2) is 23.2 Å². The van der Waals surface area contributed by atoms with Gasteiger partial charge in [0.2, 0.25) is 0 Å². The predicted octanol–water partition coefficient (Wildman–Crippen LogP) is 3.39. The fourth-order valence-corrected chi connectivity index (χ4v) is 2.40. The van der Waals surface area contributed by atoms with Gasteiger partial charge < -0.3 is 10.4 Å². The highest BCUT2D eigenvalue weighted by Crippen LogP contribution is 2.24. The van der Waals surface area contributed by atoms with Crippen LogP contribution in [0.4, 0.5) is 0 Å². The molecule has 0 aliphatic rings. The van der Waals surface area contributed by atoms with Crippen molar-refractivity contribution in [3.63, 3.8) is 0 Å². The lowest BCUT2D eigenvalue weighted by Gasteiger charge is -2.06. The van der Waals surface area contributed by atoms with Crippen LogP contribution in [0.25, 0.3) is 0 Å². The zero-order chi connectivity index (χ0) is 11.8. The zero-order valence-electron chi connectivity index (χ0n) is 9.50. The quantitative estimate of drug-likeness (QED) is 0.757. The first-order valence-electron chi connectivity index (χ1n) is 5.50. The highest BCUT2D eigenvalue weighted by atomic mass is 79.9. The number of halogens is 1. The summed E-state index contributed by atoms with van der Waals surface area (Å²) in [6.07, 6.45) is 1.21. The molecule has 0 atom stereocenters. The van der Waals surface area contributed by atoms with E-state index in [2.05, 4.69) is 28.2 Å². The molecule has 0 spiro atoms. The monoisotopic (exact) mass is 303 g/mol. The molecule has 0 fully saturated rings. The van der Waals surface area contributed by atoms with Crippen molar-refractivity contribution >= 4 is 27.7 Å². The molecular weight excluding hydrogens is 286 g/mol. The molecule has 1 aromatic carbocycles. The molecular formula is C12H18BrNOS. The summed E-state index contributed by atoms with van der Waals surface area (Å²) in [6, 6.07) is 5.60. The maximum Gasteiger partial charge on any atom is 0.129 e. The van der Waals surface area contributed by atoms with Crippen molar-refractivity contribution in [2.75, 3.05) is 18.1 Å². The third-order valence-electron chi connectivity index (χ3n) is 2.19. The summed E-state index contributed by atoms with van der Waals surface area (Å²) in [5.74, 6) is 2.72. The van der Waals surface area contributed by atoms with E-state index >= 15 is 0 Å². The fraction of sp³-hybridized carbons (Fsp3) is 0.500. The number of hydrogen-bond donors (Lipinski definition) is 2. The largest absolute Gasteiger partial charge is 0.507 e. The van der Waals surface area contributed by atoms with Gasteiger partial charge in [-0.2, -0.15) is 11.8 Å². The Balaban J connectivity index is 2.19. The van der Waals surface area contributed by atoms with Gasteiger partial charge in [0, 0.05) is 6.54 Å². The van der Waals surface area contributed by atoms with Crippen molar-refractivity contribution in [1.82, 2.24) is 5.32 Å². The first kappa shape index (κ1) is 13.9. The third kappa shape index (κ3) is 5.23. The second-order valence-electron chi connectivity index (χ2n) is 3.51. The minimum absolute atomic E-state index is 0.295. The minimum atomic E-state index is 0.295. The van der Waals surface area contributed by atoms with Gasteiger partial charge in [0.15, 0.2) is 0 Å². The zero-order valence-corrected chi connectivity index (χ0v) is 11.9. The third-order valence-corrected chi connectivity index (χ3v) is 3.81. The minimum Gasteiger partial charge on any atom is -0.507 e. The van der Waals surface area contributed by atoms with Gasteiger partial charge in [-0.15, -0.1) is 0 Å². The molecule has 1 rings (SSSR count). The Morgan fingerprint density at radius 1 is 1.44 bits per heavy atom. The molecule has 2 N–H and O–H groups in total. The molecule has 0 amide bonds. The molecule has 0 heterocycles. The van der Waals surface area contributed by atoms with E-state index in [-0.39, 0.29) is 0 Å². The summed E-state index contributed by atoms with van der Waals surface area (Å²) in [5, 5.41) is 12.7. The van der Waals surface area contributed by atoms with Gasteiger partial charge >= 0.3 is 0 Å². The number of hydrogen-bond acceptors (Lipinski definition) is 3. The summed E-state index contributed by atoms with van der Waals surface area (Å²) in [6.45, 7) is 4.09. The number of benzene rings is 1. The summed E-state index contributed by atoms with van der Waals surface area (Å²) < 4.78 is 0.758. The molecule has 4 heteroatoms. The fourth-order valence-electron chi connectivity index (χ4n) is 1.34. The number of rotatable bonds is 7. The van der Waals surface area contributed by atoms with E-state index in [0.29, 0.717) is 5.75 Å². The van der Waals surface area contributed by atoms with Crippen LogP contribution in [0.2, 0.25) is 0 Å². The maximum absolute atomic E-state index is 9.34. The van der Waals surface area contributed by atoms with Gasteiger partial charge in [0.25, 0.3) is 0 Å². The van der Waals surface area contributed by atoms with Crippen LogP contribution in [0.5, 0.6) is 5.75 Å². The van der Waals surface area contributed by atoms with Crippen molar-refractivity contribution in [3.05, 3.63) is 28.2 Å². The van der Waals surface area contributed by atoms with Gasteiger partial charge in [-0.25, -0.2) is 0 Å². The van der Waals surface area contributed by atoms with Crippen LogP contribution in [0.1, 0.15) is 18.9 Å². The Morgan fingerprint density at radius 3 is 2.94 bits per heavy atom.